The predicted molar refractivity (Wildman–Crippen MR) is 112 cm³/mol. The van der Waals surface area contributed by atoms with Gasteiger partial charge in [-0.25, -0.2) is 0 Å². The van der Waals surface area contributed by atoms with Crippen molar-refractivity contribution in [1.82, 2.24) is 10.3 Å². The molecule has 0 unspecified atom stereocenters. The number of rotatable bonds is 7. The van der Waals surface area contributed by atoms with Crippen molar-refractivity contribution in [1.29, 1.82) is 0 Å². The molecule has 25 heavy (non-hydrogen) atoms. The lowest BCUT2D eigenvalue weighted by molar-refractivity contribution is 0.242. The van der Waals surface area contributed by atoms with Crippen LogP contribution >= 0.6 is 15.9 Å². The smallest absolute Gasteiger partial charge is 0.192 e. The second kappa shape index (κ2) is 8.21. The molecule has 0 spiro atoms. The maximum absolute atomic E-state index is 6.50. The van der Waals surface area contributed by atoms with Gasteiger partial charge >= 0.3 is 0 Å². The Hall–Kier alpha value is -0.883. The number of halogens is 1. The minimum Gasteiger partial charge on any atom is -0.415 e. The molecule has 2 aromatic rings. The van der Waals surface area contributed by atoms with Gasteiger partial charge in [-0.1, -0.05) is 50.6 Å². The first-order chi connectivity index (χ1) is 11.6. The molecule has 1 heterocycles. The van der Waals surface area contributed by atoms with Crippen LogP contribution in [-0.4, -0.2) is 19.9 Å². The molecule has 0 fully saturated rings. The summed E-state index contributed by atoms with van der Waals surface area (Å²) in [6.07, 6.45) is 1.96. The number of aryl methyl sites for hydroxylation is 1. The summed E-state index contributed by atoms with van der Waals surface area (Å²) in [6, 6.07) is 11.0. The molecule has 0 aliphatic carbocycles. The molecule has 0 radical (unpaired) electrons. The molecule has 0 saturated carbocycles. The van der Waals surface area contributed by atoms with Crippen LogP contribution in [0.3, 0.4) is 0 Å². The van der Waals surface area contributed by atoms with Crippen LogP contribution in [0.1, 0.15) is 43.6 Å². The number of nitrogens with one attached hydrogen (secondary N) is 2. The van der Waals surface area contributed by atoms with Crippen LogP contribution in [0.4, 0.5) is 0 Å². The first-order valence-electron chi connectivity index (χ1n) is 8.85. The van der Waals surface area contributed by atoms with Crippen LogP contribution in [0.2, 0.25) is 18.1 Å². The van der Waals surface area contributed by atoms with Crippen LogP contribution < -0.4 is 5.32 Å². The van der Waals surface area contributed by atoms with Gasteiger partial charge in [0.25, 0.3) is 0 Å². The molecule has 0 bridgehead atoms. The highest BCUT2D eigenvalue weighted by atomic mass is 79.9. The van der Waals surface area contributed by atoms with Gasteiger partial charge in [0, 0.05) is 22.9 Å². The van der Waals surface area contributed by atoms with Crippen molar-refractivity contribution in [3.8, 4) is 0 Å². The summed E-state index contributed by atoms with van der Waals surface area (Å²) in [4.78, 5) is 3.28. The van der Waals surface area contributed by atoms with Crippen molar-refractivity contribution >= 4 is 24.2 Å². The lowest BCUT2D eigenvalue weighted by Gasteiger charge is -2.37. The Kier molecular flexibility index (Phi) is 6.71. The summed E-state index contributed by atoms with van der Waals surface area (Å²) in [5, 5.41) is 3.88. The van der Waals surface area contributed by atoms with E-state index in [1.54, 1.807) is 0 Å². The van der Waals surface area contributed by atoms with E-state index in [4.69, 9.17) is 4.43 Å². The van der Waals surface area contributed by atoms with E-state index in [-0.39, 0.29) is 11.1 Å². The molecule has 2 rings (SSSR count). The number of hydrogen-bond donors (Lipinski definition) is 2. The van der Waals surface area contributed by atoms with Crippen LogP contribution in [0.15, 0.2) is 41.0 Å². The minimum absolute atomic E-state index is 0.177. The van der Waals surface area contributed by atoms with Crippen molar-refractivity contribution in [3.63, 3.8) is 0 Å². The maximum atomic E-state index is 6.50. The Balaban J connectivity index is 2.11. The summed E-state index contributed by atoms with van der Waals surface area (Å²) in [5.41, 5.74) is 3.72. The SMILES string of the molecule is Cc1cccc([C@@H](CO[Si](C)(C)C(C)(C)C)NCc2cc(Br)c[nH]2)c1. The van der Waals surface area contributed by atoms with E-state index in [1.807, 2.05) is 6.20 Å². The third-order valence-corrected chi connectivity index (χ3v) is 10.1. The van der Waals surface area contributed by atoms with Gasteiger partial charge in [-0.05, 0) is 52.6 Å². The second-order valence-electron chi connectivity index (χ2n) is 8.26. The number of hydrogen-bond acceptors (Lipinski definition) is 2. The highest BCUT2D eigenvalue weighted by Gasteiger charge is 2.37. The number of benzene rings is 1. The van der Waals surface area contributed by atoms with Crippen LogP contribution in [-0.2, 0) is 11.0 Å². The summed E-state index contributed by atoms with van der Waals surface area (Å²) in [7, 11) is -1.77. The zero-order valence-electron chi connectivity index (χ0n) is 16.2. The molecular formula is C20H31BrN2OSi. The summed E-state index contributed by atoms with van der Waals surface area (Å²) >= 11 is 3.49. The Bertz CT molecular complexity index is 691. The zero-order valence-corrected chi connectivity index (χ0v) is 18.8. The van der Waals surface area contributed by atoms with Crippen molar-refractivity contribution < 1.29 is 4.43 Å². The van der Waals surface area contributed by atoms with Gasteiger partial charge < -0.3 is 14.7 Å². The van der Waals surface area contributed by atoms with Crippen LogP contribution in [0.5, 0.6) is 0 Å². The Morgan fingerprint density at radius 1 is 1.24 bits per heavy atom. The standard InChI is InChI=1S/C20H31BrN2OSi/c1-15-8-7-9-16(10-15)19(14-24-25(5,6)20(2,3)4)23-13-18-11-17(21)12-22-18/h7-12,19,22-23H,13-14H2,1-6H3/t19-/m1/s1. The van der Waals surface area contributed by atoms with Gasteiger partial charge in [0.1, 0.15) is 0 Å². The van der Waals surface area contributed by atoms with Crippen molar-refractivity contribution in [3.05, 3.63) is 57.8 Å². The van der Waals surface area contributed by atoms with Crippen molar-refractivity contribution in [2.24, 2.45) is 0 Å². The molecule has 138 valence electrons. The molecule has 0 aliphatic rings. The number of H-pyrrole nitrogens is 1. The summed E-state index contributed by atoms with van der Waals surface area (Å²) in [5.74, 6) is 0. The first kappa shape index (κ1) is 20.4. The average Bonchev–Trinajstić information content (AvgIpc) is 2.91. The summed E-state index contributed by atoms with van der Waals surface area (Å²) < 4.78 is 7.58. The van der Waals surface area contributed by atoms with Gasteiger partial charge in [0.15, 0.2) is 8.32 Å². The molecule has 0 aliphatic heterocycles. The van der Waals surface area contributed by atoms with E-state index in [1.165, 1.54) is 11.1 Å². The lowest BCUT2D eigenvalue weighted by Crippen LogP contribution is -2.43. The predicted octanol–water partition coefficient (Wildman–Crippen LogP) is 5.94. The normalized spacial score (nSPS) is 13.9. The van der Waals surface area contributed by atoms with E-state index in [9.17, 15) is 0 Å². The minimum atomic E-state index is -1.77. The largest absolute Gasteiger partial charge is 0.415 e. The van der Waals surface area contributed by atoms with Crippen LogP contribution in [0, 0.1) is 6.92 Å². The number of aromatic nitrogens is 1. The van der Waals surface area contributed by atoms with E-state index in [2.05, 4.69) is 97.4 Å². The molecule has 0 saturated heterocycles. The quantitative estimate of drug-likeness (QED) is 0.541. The number of aromatic amines is 1. The molecule has 2 N–H and O–H groups in total. The van der Waals surface area contributed by atoms with Gasteiger partial charge in [-0.15, -0.1) is 0 Å². The fourth-order valence-corrected chi connectivity index (χ4v) is 3.82. The maximum Gasteiger partial charge on any atom is 0.192 e. The van der Waals surface area contributed by atoms with Gasteiger partial charge in [0.05, 0.1) is 12.6 Å². The Labute approximate surface area is 161 Å². The monoisotopic (exact) mass is 422 g/mol. The van der Waals surface area contributed by atoms with Gasteiger partial charge in [-0.2, -0.15) is 0 Å². The van der Waals surface area contributed by atoms with E-state index in [0.29, 0.717) is 6.61 Å². The highest BCUT2D eigenvalue weighted by Crippen LogP contribution is 2.37. The fraction of sp³-hybridized carbons (Fsp3) is 0.500. The fourth-order valence-electron chi connectivity index (χ4n) is 2.41. The average molecular weight is 423 g/mol. The molecule has 1 aromatic carbocycles. The third kappa shape index (κ3) is 5.81. The van der Waals surface area contributed by atoms with E-state index >= 15 is 0 Å². The Morgan fingerprint density at radius 2 is 1.96 bits per heavy atom. The molecular weight excluding hydrogens is 392 g/mol. The third-order valence-electron chi connectivity index (χ3n) is 5.11. The second-order valence-corrected chi connectivity index (χ2v) is 14.0. The molecule has 5 heteroatoms. The zero-order chi connectivity index (χ0) is 18.7. The van der Waals surface area contributed by atoms with E-state index in [0.717, 1.165) is 16.7 Å². The van der Waals surface area contributed by atoms with Crippen molar-refractivity contribution in [2.75, 3.05) is 6.61 Å². The Morgan fingerprint density at radius 3 is 2.52 bits per heavy atom. The van der Waals surface area contributed by atoms with Crippen molar-refractivity contribution in [2.45, 2.75) is 58.4 Å². The molecule has 1 atom stereocenters. The van der Waals surface area contributed by atoms with Gasteiger partial charge in [-0.3, -0.25) is 0 Å². The van der Waals surface area contributed by atoms with E-state index < -0.39 is 8.32 Å². The highest BCUT2D eigenvalue weighted by molar-refractivity contribution is 9.10. The lowest BCUT2D eigenvalue weighted by atomic mass is 10.1. The molecule has 0 amide bonds. The van der Waals surface area contributed by atoms with Crippen LogP contribution in [0.25, 0.3) is 0 Å². The van der Waals surface area contributed by atoms with Gasteiger partial charge in [0.2, 0.25) is 0 Å². The molecule has 1 aromatic heterocycles. The summed E-state index contributed by atoms with van der Waals surface area (Å²) in [6.45, 7) is 15.1. The molecule has 3 nitrogen and oxygen atoms in total. The first-order valence-corrected chi connectivity index (χ1v) is 12.6. The topological polar surface area (TPSA) is 37.0 Å².